The van der Waals surface area contributed by atoms with Crippen molar-refractivity contribution in [1.29, 1.82) is 0 Å². The molecule has 1 unspecified atom stereocenters. The number of nitrogens with zero attached hydrogens (tertiary/aromatic N) is 2. The van der Waals surface area contributed by atoms with Crippen molar-refractivity contribution < 1.29 is 9.90 Å². The van der Waals surface area contributed by atoms with Gasteiger partial charge >= 0.3 is 0 Å². The molecule has 2 heterocycles. The minimum Gasteiger partial charge on any atom is -0.508 e. The lowest BCUT2D eigenvalue weighted by atomic mass is 10.2. The van der Waals surface area contributed by atoms with Crippen LogP contribution in [0.3, 0.4) is 0 Å². The van der Waals surface area contributed by atoms with Crippen molar-refractivity contribution in [3.8, 4) is 5.75 Å². The molecule has 98 valence electrons. The van der Waals surface area contributed by atoms with Crippen molar-refractivity contribution in [2.24, 2.45) is 0 Å². The van der Waals surface area contributed by atoms with E-state index in [0.717, 1.165) is 10.4 Å². The van der Waals surface area contributed by atoms with Gasteiger partial charge in [-0.2, -0.15) is 0 Å². The average molecular weight is 292 g/mol. The maximum absolute atomic E-state index is 12.1. The predicted octanol–water partition coefficient (Wildman–Crippen LogP) is 2.94. The van der Waals surface area contributed by atoms with Gasteiger partial charge in [-0.15, -0.1) is 23.1 Å². The molecule has 0 bridgehead atoms. The largest absolute Gasteiger partial charge is 0.508 e. The molecule has 3 rings (SSSR count). The highest BCUT2D eigenvalue weighted by atomic mass is 32.2. The van der Waals surface area contributed by atoms with E-state index in [1.807, 2.05) is 19.1 Å². The molecule has 1 atom stereocenters. The van der Waals surface area contributed by atoms with Crippen LogP contribution in [0.4, 0.5) is 5.13 Å². The van der Waals surface area contributed by atoms with Gasteiger partial charge in [-0.3, -0.25) is 9.69 Å². The molecule has 6 heteroatoms. The van der Waals surface area contributed by atoms with Crippen LogP contribution in [0.2, 0.25) is 0 Å². The Morgan fingerprint density at radius 2 is 2.21 bits per heavy atom. The topological polar surface area (TPSA) is 53.4 Å². The number of benzene rings is 1. The van der Waals surface area contributed by atoms with Crippen molar-refractivity contribution >= 4 is 34.1 Å². The highest BCUT2D eigenvalue weighted by molar-refractivity contribution is 8.00. The summed E-state index contributed by atoms with van der Waals surface area (Å²) in [4.78, 5) is 19.1. The predicted molar refractivity (Wildman–Crippen MR) is 77.6 cm³/mol. The number of anilines is 1. The fourth-order valence-corrected chi connectivity index (χ4v) is 4.07. The smallest absolute Gasteiger partial charge is 0.240 e. The summed E-state index contributed by atoms with van der Waals surface area (Å²) in [6, 6.07) is 7.13. The van der Waals surface area contributed by atoms with E-state index in [2.05, 4.69) is 4.98 Å². The molecule has 0 radical (unpaired) electrons. The van der Waals surface area contributed by atoms with Crippen LogP contribution in [-0.4, -0.2) is 21.8 Å². The summed E-state index contributed by atoms with van der Waals surface area (Å²) in [5, 5.41) is 10.5. The summed E-state index contributed by atoms with van der Waals surface area (Å²) in [5.74, 6) is 0.665. The standard InChI is InChI=1S/C13H12N2O2S2/c1-8-6-14-13(19-8)15-11(17)7-18-12(15)9-4-2-3-5-10(9)16/h2-6,12,16H,7H2,1H3. The maximum Gasteiger partial charge on any atom is 0.240 e. The van der Waals surface area contributed by atoms with E-state index in [4.69, 9.17) is 0 Å². The molecular weight excluding hydrogens is 280 g/mol. The zero-order valence-electron chi connectivity index (χ0n) is 10.2. The molecule has 1 aromatic heterocycles. The van der Waals surface area contributed by atoms with Gasteiger partial charge in [0.05, 0.1) is 5.75 Å². The highest BCUT2D eigenvalue weighted by Crippen LogP contribution is 2.45. The minimum atomic E-state index is -0.195. The number of phenols is 1. The maximum atomic E-state index is 12.1. The van der Waals surface area contributed by atoms with E-state index in [1.54, 1.807) is 23.2 Å². The summed E-state index contributed by atoms with van der Waals surface area (Å²) < 4.78 is 0. The van der Waals surface area contributed by atoms with Gasteiger partial charge in [0, 0.05) is 16.6 Å². The molecule has 1 fully saturated rings. The molecule has 19 heavy (non-hydrogen) atoms. The second kappa shape index (κ2) is 4.86. The Labute approximate surface area is 119 Å². The van der Waals surface area contributed by atoms with E-state index in [-0.39, 0.29) is 17.0 Å². The third kappa shape index (κ3) is 2.21. The highest BCUT2D eigenvalue weighted by Gasteiger charge is 2.36. The van der Waals surface area contributed by atoms with Crippen molar-refractivity contribution in [3.63, 3.8) is 0 Å². The lowest BCUT2D eigenvalue weighted by Gasteiger charge is -2.22. The van der Waals surface area contributed by atoms with Crippen molar-refractivity contribution in [2.75, 3.05) is 10.7 Å². The molecule has 0 saturated carbocycles. The van der Waals surface area contributed by atoms with Crippen LogP contribution in [0.1, 0.15) is 15.8 Å². The molecule has 1 aromatic carbocycles. The molecular formula is C13H12N2O2S2. The van der Waals surface area contributed by atoms with Gasteiger partial charge in [-0.05, 0) is 13.0 Å². The number of phenolic OH excluding ortho intramolecular Hbond substituents is 1. The number of rotatable bonds is 2. The Balaban J connectivity index is 2.02. The SMILES string of the molecule is Cc1cnc(N2C(=O)CSC2c2ccccc2O)s1. The first-order chi connectivity index (χ1) is 9.16. The van der Waals surface area contributed by atoms with Crippen LogP contribution in [0, 0.1) is 6.92 Å². The summed E-state index contributed by atoms with van der Waals surface area (Å²) >= 11 is 3.01. The fraction of sp³-hybridized carbons (Fsp3) is 0.231. The summed E-state index contributed by atoms with van der Waals surface area (Å²) in [5.41, 5.74) is 0.756. The Morgan fingerprint density at radius 3 is 2.89 bits per heavy atom. The van der Waals surface area contributed by atoms with Gasteiger partial charge < -0.3 is 5.11 Å². The molecule has 1 amide bonds. The molecule has 4 nitrogen and oxygen atoms in total. The van der Waals surface area contributed by atoms with Crippen LogP contribution in [0.5, 0.6) is 5.75 Å². The zero-order valence-corrected chi connectivity index (χ0v) is 11.9. The summed E-state index contributed by atoms with van der Waals surface area (Å²) in [7, 11) is 0. The number of aromatic hydroxyl groups is 1. The summed E-state index contributed by atoms with van der Waals surface area (Å²) in [6.45, 7) is 1.96. The van der Waals surface area contributed by atoms with Gasteiger partial charge in [0.25, 0.3) is 0 Å². The molecule has 2 aromatic rings. The second-order valence-corrected chi connectivity index (χ2v) is 6.52. The third-order valence-electron chi connectivity index (χ3n) is 2.89. The number of thioether (sulfide) groups is 1. The van der Waals surface area contributed by atoms with Gasteiger partial charge in [-0.25, -0.2) is 4.98 Å². The van der Waals surface area contributed by atoms with Crippen LogP contribution in [0.15, 0.2) is 30.5 Å². The molecule has 0 spiro atoms. The molecule has 1 aliphatic heterocycles. The number of hydrogen-bond donors (Lipinski definition) is 1. The summed E-state index contributed by atoms with van der Waals surface area (Å²) in [6.07, 6.45) is 1.76. The van der Waals surface area contributed by atoms with Crippen molar-refractivity contribution in [3.05, 3.63) is 40.9 Å². The number of aromatic nitrogens is 1. The van der Waals surface area contributed by atoms with E-state index in [9.17, 15) is 9.90 Å². The normalized spacial score (nSPS) is 19.1. The lowest BCUT2D eigenvalue weighted by Crippen LogP contribution is -2.27. The van der Waals surface area contributed by atoms with Crippen molar-refractivity contribution in [1.82, 2.24) is 4.98 Å². The van der Waals surface area contributed by atoms with Gasteiger partial charge in [0.15, 0.2) is 5.13 Å². The van der Waals surface area contributed by atoms with Crippen LogP contribution < -0.4 is 4.90 Å². The Bertz CT molecular complexity index is 627. The Kier molecular flexibility index (Phi) is 3.20. The van der Waals surface area contributed by atoms with E-state index < -0.39 is 0 Å². The molecule has 1 N–H and O–H groups in total. The Hall–Kier alpha value is -1.53. The number of amides is 1. The number of aryl methyl sites for hydroxylation is 1. The molecule has 0 aliphatic carbocycles. The van der Waals surface area contributed by atoms with Crippen molar-refractivity contribution in [2.45, 2.75) is 12.3 Å². The quantitative estimate of drug-likeness (QED) is 0.924. The van der Waals surface area contributed by atoms with Crippen LogP contribution in [-0.2, 0) is 4.79 Å². The first kappa shape index (κ1) is 12.5. The van der Waals surface area contributed by atoms with E-state index in [1.165, 1.54) is 23.1 Å². The van der Waals surface area contributed by atoms with Crippen LogP contribution in [0.25, 0.3) is 0 Å². The average Bonchev–Trinajstić information content (AvgIpc) is 2.96. The number of carbonyl (C=O) groups is 1. The van der Waals surface area contributed by atoms with E-state index in [0.29, 0.717) is 10.9 Å². The monoisotopic (exact) mass is 292 g/mol. The first-order valence-corrected chi connectivity index (χ1v) is 7.67. The lowest BCUT2D eigenvalue weighted by molar-refractivity contribution is -0.115. The molecule has 1 aliphatic rings. The molecule has 1 saturated heterocycles. The van der Waals surface area contributed by atoms with Gasteiger partial charge in [0.1, 0.15) is 11.1 Å². The van der Waals surface area contributed by atoms with Crippen LogP contribution >= 0.6 is 23.1 Å². The Morgan fingerprint density at radius 1 is 1.42 bits per heavy atom. The number of thiazole rings is 1. The number of carbonyl (C=O) groups excluding carboxylic acids is 1. The third-order valence-corrected chi connectivity index (χ3v) is 4.99. The minimum absolute atomic E-state index is 0.0348. The first-order valence-electron chi connectivity index (χ1n) is 5.81. The van der Waals surface area contributed by atoms with E-state index >= 15 is 0 Å². The zero-order chi connectivity index (χ0) is 13.4. The second-order valence-electron chi connectivity index (χ2n) is 4.24. The fourth-order valence-electron chi connectivity index (χ4n) is 2.01. The van der Waals surface area contributed by atoms with Gasteiger partial charge in [-0.1, -0.05) is 18.2 Å². The number of hydrogen-bond acceptors (Lipinski definition) is 5. The number of para-hydroxylation sites is 1. The van der Waals surface area contributed by atoms with Gasteiger partial charge in [0.2, 0.25) is 5.91 Å².